The summed E-state index contributed by atoms with van der Waals surface area (Å²) in [5, 5.41) is 3.88. The number of ketones is 1. The zero-order valence-corrected chi connectivity index (χ0v) is 8.76. The second-order valence-electron chi connectivity index (χ2n) is 3.24. The highest BCUT2D eigenvalue weighted by molar-refractivity contribution is 7.08. The molecule has 0 amide bonds. The third kappa shape index (κ3) is 2.50. The zero-order chi connectivity index (χ0) is 10.7. The lowest BCUT2D eigenvalue weighted by atomic mass is 10.1. The third-order valence-corrected chi connectivity index (χ3v) is 2.84. The van der Waals surface area contributed by atoms with Gasteiger partial charge in [-0.2, -0.15) is 11.3 Å². The molecule has 0 saturated carbocycles. The quantitative estimate of drug-likeness (QED) is 0.725. The topological polar surface area (TPSA) is 17.1 Å². The number of Topliss-reactive ketones (excluding diaryl/α,β-unsaturated/α-hetero) is 1. The molecule has 0 atom stereocenters. The van der Waals surface area contributed by atoms with Crippen LogP contribution < -0.4 is 0 Å². The van der Waals surface area contributed by atoms with Crippen LogP contribution in [0, 0.1) is 5.82 Å². The second-order valence-corrected chi connectivity index (χ2v) is 4.02. The van der Waals surface area contributed by atoms with E-state index >= 15 is 0 Å². The molecule has 0 aliphatic heterocycles. The van der Waals surface area contributed by atoms with Gasteiger partial charge in [0.2, 0.25) is 0 Å². The number of hydrogen-bond donors (Lipinski definition) is 0. The molecule has 15 heavy (non-hydrogen) atoms. The van der Waals surface area contributed by atoms with Crippen molar-refractivity contribution in [1.82, 2.24) is 0 Å². The Balaban J connectivity index is 2.11. The maximum absolute atomic E-state index is 12.6. The minimum atomic E-state index is -0.318. The van der Waals surface area contributed by atoms with Crippen molar-refractivity contribution in [3.63, 3.8) is 0 Å². The summed E-state index contributed by atoms with van der Waals surface area (Å²) in [7, 11) is 0. The normalized spacial score (nSPS) is 10.2. The number of carbonyl (C=O) groups is 1. The smallest absolute Gasteiger partial charge is 0.167 e. The van der Waals surface area contributed by atoms with E-state index in [-0.39, 0.29) is 11.6 Å². The molecule has 0 aliphatic carbocycles. The highest BCUT2D eigenvalue weighted by Crippen LogP contribution is 2.11. The van der Waals surface area contributed by atoms with Crippen LogP contribution in [0.15, 0.2) is 41.1 Å². The van der Waals surface area contributed by atoms with Crippen LogP contribution in [0.25, 0.3) is 0 Å². The van der Waals surface area contributed by atoms with Gasteiger partial charge >= 0.3 is 0 Å². The Morgan fingerprint density at radius 3 is 2.53 bits per heavy atom. The molecule has 1 nitrogen and oxygen atoms in total. The summed E-state index contributed by atoms with van der Waals surface area (Å²) in [6, 6.07) is 7.57. The van der Waals surface area contributed by atoms with E-state index in [4.69, 9.17) is 0 Å². The molecule has 0 aliphatic rings. The summed E-state index contributed by atoms with van der Waals surface area (Å²) >= 11 is 1.57. The van der Waals surface area contributed by atoms with Crippen LogP contribution in [0.1, 0.15) is 15.9 Å². The molecule has 2 aromatic rings. The Bertz CT molecular complexity index is 445. The van der Waals surface area contributed by atoms with E-state index < -0.39 is 0 Å². The monoisotopic (exact) mass is 220 g/mol. The second kappa shape index (κ2) is 4.36. The number of rotatable bonds is 3. The minimum Gasteiger partial charge on any atom is -0.294 e. The van der Waals surface area contributed by atoms with Gasteiger partial charge in [-0.15, -0.1) is 0 Å². The van der Waals surface area contributed by atoms with E-state index in [2.05, 4.69) is 0 Å². The fourth-order valence-electron chi connectivity index (χ4n) is 1.32. The molecule has 76 valence electrons. The van der Waals surface area contributed by atoms with Gasteiger partial charge in [0.15, 0.2) is 5.78 Å². The summed E-state index contributed by atoms with van der Waals surface area (Å²) in [4.78, 5) is 11.7. The molecule has 0 unspecified atom stereocenters. The Morgan fingerprint density at radius 2 is 1.93 bits per heavy atom. The average Bonchev–Trinajstić information content (AvgIpc) is 2.71. The van der Waals surface area contributed by atoms with E-state index in [0.717, 1.165) is 5.56 Å². The molecule has 2 rings (SSSR count). The Kier molecular flexibility index (Phi) is 2.92. The number of carbonyl (C=O) groups excluding carboxylic acids is 1. The van der Waals surface area contributed by atoms with Crippen molar-refractivity contribution in [1.29, 1.82) is 0 Å². The van der Waals surface area contributed by atoms with Crippen molar-refractivity contribution in [3.8, 4) is 0 Å². The molecule has 1 heterocycles. The van der Waals surface area contributed by atoms with Crippen molar-refractivity contribution < 1.29 is 9.18 Å². The fraction of sp³-hybridized carbons (Fsp3) is 0.0833. The molecule has 0 radical (unpaired) electrons. The van der Waals surface area contributed by atoms with Gasteiger partial charge in [0.1, 0.15) is 5.82 Å². The van der Waals surface area contributed by atoms with Crippen molar-refractivity contribution in [2.45, 2.75) is 6.42 Å². The van der Waals surface area contributed by atoms with Gasteiger partial charge in [0, 0.05) is 12.0 Å². The van der Waals surface area contributed by atoms with Gasteiger partial charge in [0.25, 0.3) is 0 Å². The van der Waals surface area contributed by atoms with Crippen LogP contribution in [0.4, 0.5) is 4.39 Å². The SMILES string of the molecule is O=C(Cc1ccsc1)c1ccc(F)cc1. The predicted octanol–water partition coefficient (Wildman–Crippen LogP) is 3.31. The van der Waals surface area contributed by atoms with Crippen molar-refractivity contribution in [2.75, 3.05) is 0 Å². The van der Waals surface area contributed by atoms with Gasteiger partial charge in [-0.1, -0.05) is 0 Å². The molecular weight excluding hydrogens is 211 g/mol. The highest BCUT2D eigenvalue weighted by atomic mass is 32.1. The molecule has 0 saturated heterocycles. The van der Waals surface area contributed by atoms with Crippen LogP contribution >= 0.6 is 11.3 Å². The Morgan fingerprint density at radius 1 is 1.20 bits per heavy atom. The first-order valence-corrected chi connectivity index (χ1v) is 5.50. The number of hydrogen-bond acceptors (Lipinski definition) is 2. The fourth-order valence-corrected chi connectivity index (χ4v) is 1.99. The van der Waals surface area contributed by atoms with Gasteiger partial charge in [-0.3, -0.25) is 4.79 Å². The van der Waals surface area contributed by atoms with E-state index in [1.54, 1.807) is 11.3 Å². The summed E-state index contributed by atoms with van der Waals surface area (Å²) in [6.07, 6.45) is 0.384. The van der Waals surface area contributed by atoms with Gasteiger partial charge in [-0.05, 0) is 46.7 Å². The van der Waals surface area contributed by atoms with Crippen LogP contribution in [-0.4, -0.2) is 5.78 Å². The molecule has 1 aromatic heterocycles. The molecule has 3 heteroatoms. The van der Waals surface area contributed by atoms with Crippen molar-refractivity contribution >= 4 is 17.1 Å². The molecule has 0 fully saturated rings. The van der Waals surface area contributed by atoms with E-state index in [9.17, 15) is 9.18 Å². The third-order valence-electron chi connectivity index (χ3n) is 2.11. The Hall–Kier alpha value is -1.48. The maximum Gasteiger partial charge on any atom is 0.167 e. The van der Waals surface area contributed by atoms with E-state index in [1.807, 2.05) is 16.8 Å². The lowest BCUT2D eigenvalue weighted by Gasteiger charge is -1.98. The zero-order valence-electron chi connectivity index (χ0n) is 7.94. The number of thiophene rings is 1. The first-order valence-electron chi connectivity index (χ1n) is 4.55. The summed E-state index contributed by atoms with van der Waals surface area (Å²) < 4.78 is 12.6. The van der Waals surface area contributed by atoms with Gasteiger partial charge < -0.3 is 0 Å². The molecule has 1 aromatic carbocycles. The lowest BCUT2D eigenvalue weighted by Crippen LogP contribution is -2.02. The summed E-state index contributed by atoms with van der Waals surface area (Å²) in [5.41, 5.74) is 1.57. The first-order chi connectivity index (χ1) is 7.25. The van der Waals surface area contributed by atoms with E-state index in [0.29, 0.717) is 12.0 Å². The molecular formula is C12H9FOS. The standard InChI is InChI=1S/C12H9FOS/c13-11-3-1-10(2-4-11)12(14)7-9-5-6-15-8-9/h1-6,8H,7H2. The predicted molar refractivity (Wildman–Crippen MR) is 58.8 cm³/mol. The lowest BCUT2D eigenvalue weighted by molar-refractivity contribution is 0.0993. The van der Waals surface area contributed by atoms with Crippen LogP contribution in [0.3, 0.4) is 0 Å². The van der Waals surface area contributed by atoms with Crippen molar-refractivity contribution in [3.05, 3.63) is 58.0 Å². The number of halogens is 1. The van der Waals surface area contributed by atoms with Crippen LogP contribution in [0.5, 0.6) is 0 Å². The summed E-state index contributed by atoms with van der Waals surface area (Å²) in [5.74, 6) is -0.296. The largest absolute Gasteiger partial charge is 0.294 e. The highest BCUT2D eigenvalue weighted by Gasteiger charge is 2.06. The van der Waals surface area contributed by atoms with Gasteiger partial charge in [0.05, 0.1) is 0 Å². The van der Waals surface area contributed by atoms with E-state index in [1.165, 1.54) is 24.3 Å². The molecule has 0 N–H and O–H groups in total. The molecule has 0 spiro atoms. The molecule has 0 bridgehead atoms. The van der Waals surface area contributed by atoms with Crippen LogP contribution in [0.2, 0.25) is 0 Å². The number of benzene rings is 1. The summed E-state index contributed by atoms with van der Waals surface area (Å²) in [6.45, 7) is 0. The first kappa shape index (κ1) is 10.1. The van der Waals surface area contributed by atoms with Crippen LogP contribution in [-0.2, 0) is 6.42 Å². The maximum atomic E-state index is 12.6. The Labute approximate surface area is 91.2 Å². The van der Waals surface area contributed by atoms with Gasteiger partial charge in [-0.25, -0.2) is 4.39 Å². The minimum absolute atomic E-state index is 0.0217. The average molecular weight is 220 g/mol. The van der Waals surface area contributed by atoms with Crippen molar-refractivity contribution in [2.24, 2.45) is 0 Å².